The van der Waals surface area contributed by atoms with E-state index in [1.807, 2.05) is 6.08 Å². The fraction of sp³-hybridized carbons (Fsp3) is 0.143. The van der Waals surface area contributed by atoms with Crippen molar-refractivity contribution < 1.29 is 4.86 Å². The summed E-state index contributed by atoms with van der Waals surface area (Å²) in [5, 5.41) is 17.4. The van der Waals surface area contributed by atoms with Gasteiger partial charge in [-0.25, -0.2) is 0 Å². The Morgan fingerprint density at radius 1 is 1.67 bits per heavy atom. The number of allylic oxidation sites excluding steroid dienone is 1. The van der Waals surface area contributed by atoms with Crippen LogP contribution in [0.2, 0.25) is 0 Å². The lowest BCUT2D eigenvalue weighted by Gasteiger charge is -2.15. The topological polar surface area (TPSA) is 50.5 Å². The fourth-order valence-corrected chi connectivity index (χ4v) is 1.44. The highest BCUT2D eigenvalue weighted by atomic mass is 79.9. The molecule has 1 N–H and O–H groups in total. The second kappa shape index (κ2) is 2.75. The summed E-state index contributed by atoms with van der Waals surface area (Å²) in [5.74, 6) is 0. The van der Waals surface area contributed by atoms with Crippen LogP contribution in [-0.2, 0) is 0 Å². The summed E-state index contributed by atoms with van der Waals surface area (Å²) in [6, 6.07) is 0. The van der Waals surface area contributed by atoms with Crippen molar-refractivity contribution in [3.8, 4) is 0 Å². The summed E-state index contributed by atoms with van der Waals surface area (Å²) < 4.78 is 0.882. The molecule has 0 bridgehead atoms. The number of nitrogens with zero attached hydrogens (tertiary/aromatic N) is 2. The summed E-state index contributed by atoms with van der Waals surface area (Å²) >= 11 is 3.30. The van der Waals surface area contributed by atoms with Crippen molar-refractivity contribution in [1.29, 1.82) is 0 Å². The first-order chi connectivity index (χ1) is 5.75. The van der Waals surface area contributed by atoms with Gasteiger partial charge in [-0.15, -0.1) is 0 Å². The van der Waals surface area contributed by atoms with Crippen LogP contribution in [0.1, 0.15) is 0 Å². The minimum Gasteiger partial charge on any atom is -0.599 e. The zero-order chi connectivity index (χ0) is 8.55. The van der Waals surface area contributed by atoms with Gasteiger partial charge in [-0.3, -0.25) is 0 Å². The molecular weight excluding hydrogens is 222 g/mol. The van der Waals surface area contributed by atoms with E-state index < -0.39 is 0 Å². The largest absolute Gasteiger partial charge is 0.599 e. The van der Waals surface area contributed by atoms with E-state index in [2.05, 4.69) is 26.4 Å². The van der Waals surface area contributed by atoms with Gasteiger partial charge in [-0.1, -0.05) is 4.86 Å². The van der Waals surface area contributed by atoms with Gasteiger partial charge in [-0.05, 0) is 27.1 Å². The molecule has 0 aromatic carbocycles. The first-order valence-electron chi connectivity index (χ1n) is 3.44. The van der Waals surface area contributed by atoms with E-state index in [9.17, 15) is 5.21 Å². The molecule has 0 atom stereocenters. The van der Waals surface area contributed by atoms with E-state index >= 15 is 0 Å². The number of nitrogens with one attached hydrogen (secondary N) is 1. The molecule has 2 aliphatic rings. The minimum absolute atomic E-state index is 0.315. The van der Waals surface area contributed by atoms with Gasteiger partial charge < -0.3 is 10.5 Å². The van der Waals surface area contributed by atoms with E-state index in [0.717, 1.165) is 15.8 Å². The second-order valence-electron chi connectivity index (χ2n) is 2.52. The molecule has 62 valence electrons. The van der Waals surface area contributed by atoms with Gasteiger partial charge in [0.25, 0.3) is 0 Å². The molecule has 0 amide bonds. The molecule has 4 nitrogen and oxygen atoms in total. The van der Waals surface area contributed by atoms with Crippen LogP contribution in [0.4, 0.5) is 0 Å². The molecule has 0 fully saturated rings. The van der Waals surface area contributed by atoms with Gasteiger partial charge in [0.15, 0.2) is 0 Å². The standard InChI is InChI=1S/C7H6BrN3O/c8-7-1-5-3-10-11(12)4-6(5)2-9-7/h1-3,9H,4H2. The Bertz CT molecular complexity index is 341. The number of hydroxylamine groups is 1. The molecule has 0 saturated carbocycles. The van der Waals surface area contributed by atoms with Crippen molar-refractivity contribution in [3.05, 3.63) is 39.4 Å². The SMILES string of the molecule is [O-][N+]1=NC=C2C=C(Br)NC=C2C1. The molecule has 2 rings (SSSR count). The fourth-order valence-electron chi connectivity index (χ4n) is 1.08. The zero-order valence-electron chi connectivity index (χ0n) is 6.12. The third-order valence-corrected chi connectivity index (χ3v) is 2.13. The summed E-state index contributed by atoms with van der Waals surface area (Å²) in [5.41, 5.74) is 1.94. The van der Waals surface area contributed by atoms with E-state index in [4.69, 9.17) is 0 Å². The van der Waals surface area contributed by atoms with Gasteiger partial charge >= 0.3 is 0 Å². The number of rotatable bonds is 0. The summed E-state index contributed by atoms with van der Waals surface area (Å²) in [6.45, 7) is 0.315. The van der Waals surface area contributed by atoms with E-state index in [1.165, 1.54) is 0 Å². The second-order valence-corrected chi connectivity index (χ2v) is 3.37. The van der Waals surface area contributed by atoms with Crippen molar-refractivity contribution in [1.82, 2.24) is 5.32 Å². The Labute approximate surface area is 77.7 Å². The summed E-state index contributed by atoms with van der Waals surface area (Å²) in [7, 11) is 0. The number of hydrogen-bond acceptors (Lipinski definition) is 3. The maximum Gasteiger partial charge on any atom is 0.208 e. The van der Waals surface area contributed by atoms with Crippen LogP contribution >= 0.6 is 15.9 Å². The highest BCUT2D eigenvalue weighted by molar-refractivity contribution is 9.11. The zero-order valence-corrected chi connectivity index (χ0v) is 7.71. The van der Waals surface area contributed by atoms with Gasteiger partial charge in [-0.2, -0.15) is 0 Å². The number of dihydropyridines is 1. The molecule has 0 aliphatic carbocycles. The van der Waals surface area contributed by atoms with Gasteiger partial charge in [0.05, 0.1) is 4.61 Å². The molecule has 0 spiro atoms. The van der Waals surface area contributed by atoms with Crippen LogP contribution < -0.4 is 5.32 Å². The lowest BCUT2D eigenvalue weighted by Crippen LogP contribution is -2.17. The average molecular weight is 228 g/mol. The predicted octanol–water partition coefficient (Wildman–Crippen LogP) is 1.57. The van der Waals surface area contributed by atoms with Crippen LogP contribution in [-0.4, -0.2) is 11.4 Å². The van der Waals surface area contributed by atoms with Crippen molar-refractivity contribution >= 4 is 15.9 Å². The monoisotopic (exact) mass is 227 g/mol. The Morgan fingerprint density at radius 3 is 3.33 bits per heavy atom. The Kier molecular flexibility index (Phi) is 1.73. The number of hydrogen-bond donors (Lipinski definition) is 1. The van der Waals surface area contributed by atoms with E-state index in [0.29, 0.717) is 11.4 Å². The van der Waals surface area contributed by atoms with Gasteiger partial charge in [0.2, 0.25) is 6.54 Å². The molecule has 0 aromatic rings. The normalized spacial score (nSPS) is 21.1. The third-order valence-electron chi connectivity index (χ3n) is 1.67. The summed E-state index contributed by atoms with van der Waals surface area (Å²) in [6.07, 6.45) is 5.26. The molecule has 0 unspecified atom stereocenters. The van der Waals surface area contributed by atoms with Crippen LogP contribution in [0.15, 0.2) is 39.3 Å². The quantitative estimate of drug-likeness (QED) is 0.388. The van der Waals surface area contributed by atoms with Gasteiger partial charge in [0, 0.05) is 17.3 Å². The molecule has 0 radical (unpaired) electrons. The molecule has 5 heteroatoms. The van der Waals surface area contributed by atoms with Crippen molar-refractivity contribution in [2.75, 3.05) is 6.54 Å². The Balaban J connectivity index is 2.38. The van der Waals surface area contributed by atoms with E-state index in [-0.39, 0.29) is 0 Å². The van der Waals surface area contributed by atoms with E-state index in [1.54, 1.807) is 12.4 Å². The molecule has 0 saturated heterocycles. The maximum absolute atomic E-state index is 10.8. The number of fused-ring (bicyclic) bond motifs is 1. The van der Waals surface area contributed by atoms with Crippen LogP contribution in [0, 0.1) is 5.21 Å². The molecule has 12 heavy (non-hydrogen) atoms. The van der Waals surface area contributed by atoms with Crippen molar-refractivity contribution in [3.63, 3.8) is 0 Å². The average Bonchev–Trinajstić information content (AvgIpc) is 2.05. The molecule has 0 aromatic heterocycles. The first-order valence-corrected chi connectivity index (χ1v) is 4.24. The number of azo groups is 1. The smallest absolute Gasteiger partial charge is 0.208 e. The summed E-state index contributed by atoms with van der Waals surface area (Å²) in [4.78, 5) is 0.657. The van der Waals surface area contributed by atoms with Crippen LogP contribution in [0.25, 0.3) is 0 Å². The lowest BCUT2D eigenvalue weighted by atomic mass is 10.1. The maximum atomic E-state index is 10.8. The van der Waals surface area contributed by atoms with Crippen molar-refractivity contribution in [2.45, 2.75) is 0 Å². The Hall–Kier alpha value is -1.10. The highest BCUT2D eigenvalue weighted by Crippen LogP contribution is 2.22. The van der Waals surface area contributed by atoms with Crippen LogP contribution in [0.3, 0.4) is 0 Å². The molecule has 2 aliphatic heterocycles. The highest BCUT2D eigenvalue weighted by Gasteiger charge is 2.16. The van der Waals surface area contributed by atoms with Gasteiger partial charge in [0.1, 0.15) is 6.20 Å². The lowest BCUT2D eigenvalue weighted by molar-refractivity contribution is -0.518. The third kappa shape index (κ3) is 1.27. The molecular formula is C7H6BrN3O. The number of halogens is 1. The van der Waals surface area contributed by atoms with Crippen molar-refractivity contribution in [2.24, 2.45) is 5.11 Å². The molecule has 2 heterocycles. The first kappa shape index (κ1) is 7.54. The predicted molar refractivity (Wildman–Crippen MR) is 47.2 cm³/mol. The van der Waals surface area contributed by atoms with Crippen LogP contribution in [0.5, 0.6) is 0 Å². The Morgan fingerprint density at radius 2 is 2.50 bits per heavy atom. The minimum atomic E-state index is 0.315.